The summed E-state index contributed by atoms with van der Waals surface area (Å²) in [5.74, 6) is -0.626. The normalized spacial score (nSPS) is 18.2. The first-order chi connectivity index (χ1) is 19.3. The van der Waals surface area contributed by atoms with Crippen LogP contribution in [-0.4, -0.2) is 53.0 Å². The Bertz CT molecular complexity index is 1660. The van der Waals surface area contributed by atoms with Gasteiger partial charge in [-0.25, -0.2) is 19.0 Å². The number of carbonyl (C=O) groups excluding carboxylic acids is 1. The van der Waals surface area contributed by atoms with Crippen LogP contribution in [0.1, 0.15) is 50.2 Å². The zero-order chi connectivity index (χ0) is 29.7. The van der Waals surface area contributed by atoms with Crippen molar-refractivity contribution >= 4 is 23.5 Å². The van der Waals surface area contributed by atoms with Crippen LogP contribution >= 0.6 is 11.6 Å². The standard InChI is InChI=1S/C29H32ClFN8O2/c1-17-33-16-34-39(17)24-13-19(7-9-21(24)30)25(14-40)38-26(41)29(35-27(38)32,15-28(2,3)4)20-8-6-18(12-22(20)31)23-10-11-37(5)36-23/h6-13,16,25,40H,14-15H2,1-5H3,(H2,32,35)/t25?,29-/m1/s1. The molecule has 214 valence electrons. The van der Waals surface area contributed by atoms with E-state index in [-0.39, 0.29) is 17.9 Å². The highest BCUT2D eigenvalue weighted by Gasteiger charge is 2.54. The quantitative estimate of drug-likeness (QED) is 0.337. The van der Waals surface area contributed by atoms with Crippen LogP contribution in [0.25, 0.3) is 16.9 Å². The minimum atomic E-state index is -1.64. The van der Waals surface area contributed by atoms with Gasteiger partial charge >= 0.3 is 0 Å². The summed E-state index contributed by atoms with van der Waals surface area (Å²) >= 11 is 6.47. The summed E-state index contributed by atoms with van der Waals surface area (Å²) in [5.41, 5.74) is 6.71. The number of benzene rings is 2. The number of aliphatic imine (C=N–C) groups is 1. The lowest BCUT2D eigenvalue weighted by molar-refractivity contribution is -0.135. The molecule has 0 aliphatic carbocycles. The van der Waals surface area contributed by atoms with Crippen molar-refractivity contribution in [2.45, 2.75) is 45.7 Å². The van der Waals surface area contributed by atoms with Gasteiger partial charge in [0.1, 0.15) is 18.0 Å². The molecular weight excluding hydrogens is 547 g/mol. The summed E-state index contributed by atoms with van der Waals surface area (Å²) in [6.07, 6.45) is 3.36. The molecule has 0 saturated heterocycles. The van der Waals surface area contributed by atoms with Crippen LogP contribution in [-0.2, 0) is 17.4 Å². The van der Waals surface area contributed by atoms with Crippen molar-refractivity contribution in [3.8, 4) is 16.9 Å². The number of hydrogen-bond donors (Lipinski definition) is 2. The Balaban J connectivity index is 1.59. The zero-order valence-corrected chi connectivity index (χ0v) is 24.3. The molecule has 0 radical (unpaired) electrons. The predicted octanol–water partition coefficient (Wildman–Crippen LogP) is 4.29. The topological polar surface area (TPSA) is 127 Å². The maximum absolute atomic E-state index is 15.9. The second-order valence-corrected chi connectivity index (χ2v) is 11.8. The number of guanidine groups is 1. The third-order valence-electron chi connectivity index (χ3n) is 7.12. The lowest BCUT2D eigenvalue weighted by Crippen LogP contribution is -2.47. The highest BCUT2D eigenvalue weighted by molar-refractivity contribution is 6.32. The van der Waals surface area contributed by atoms with E-state index >= 15 is 4.39 Å². The average Bonchev–Trinajstić information content (AvgIpc) is 3.59. The molecule has 5 rings (SSSR count). The van der Waals surface area contributed by atoms with Gasteiger partial charge in [0, 0.05) is 24.4 Å². The van der Waals surface area contributed by atoms with Gasteiger partial charge in [-0.1, -0.05) is 50.6 Å². The van der Waals surface area contributed by atoms with E-state index in [0.29, 0.717) is 33.4 Å². The van der Waals surface area contributed by atoms with E-state index in [1.54, 1.807) is 65.9 Å². The fraction of sp³-hybridized carbons (Fsp3) is 0.345. The minimum Gasteiger partial charge on any atom is -0.394 e. The highest BCUT2D eigenvalue weighted by atomic mass is 35.5. The molecule has 1 amide bonds. The van der Waals surface area contributed by atoms with Gasteiger partial charge < -0.3 is 10.8 Å². The van der Waals surface area contributed by atoms with Crippen LogP contribution in [0.3, 0.4) is 0 Å². The monoisotopic (exact) mass is 578 g/mol. The number of amides is 1. The molecule has 3 heterocycles. The molecule has 12 heteroatoms. The molecule has 1 unspecified atom stereocenters. The number of halogens is 2. The second kappa shape index (κ2) is 10.4. The Morgan fingerprint density at radius 2 is 1.93 bits per heavy atom. The molecule has 4 aromatic rings. The number of rotatable bonds is 7. The Morgan fingerprint density at radius 1 is 1.17 bits per heavy atom. The molecule has 3 N–H and O–H groups in total. The van der Waals surface area contributed by atoms with E-state index in [9.17, 15) is 9.90 Å². The average molecular weight is 579 g/mol. The molecule has 0 saturated carbocycles. The maximum atomic E-state index is 15.9. The first kappa shape index (κ1) is 28.4. The summed E-state index contributed by atoms with van der Waals surface area (Å²) in [4.78, 5) is 24.5. The fourth-order valence-corrected chi connectivity index (χ4v) is 5.60. The highest BCUT2D eigenvalue weighted by Crippen LogP contribution is 2.46. The largest absolute Gasteiger partial charge is 0.394 e. The van der Waals surface area contributed by atoms with Gasteiger partial charge in [0.05, 0.1) is 29.1 Å². The van der Waals surface area contributed by atoms with Crippen LogP contribution in [0, 0.1) is 18.2 Å². The predicted molar refractivity (Wildman–Crippen MR) is 154 cm³/mol. The summed E-state index contributed by atoms with van der Waals surface area (Å²) < 4.78 is 19.1. The Labute approximate surface area is 242 Å². The number of nitrogens with zero attached hydrogens (tertiary/aromatic N) is 7. The number of aliphatic hydroxyl groups is 1. The van der Waals surface area contributed by atoms with Gasteiger partial charge in [0.2, 0.25) is 0 Å². The number of aromatic nitrogens is 5. The third-order valence-corrected chi connectivity index (χ3v) is 7.44. The zero-order valence-electron chi connectivity index (χ0n) is 23.5. The van der Waals surface area contributed by atoms with Crippen molar-refractivity contribution in [1.82, 2.24) is 29.4 Å². The third kappa shape index (κ3) is 5.11. The van der Waals surface area contributed by atoms with Crippen molar-refractivity contribution < 1.29 is 14.3 Å². The summed E-state index contributed by atoms with van der Waals surface area (Å²) in [5, 5.41) is 19.5. The summed E-state index contributed by atoms with van der Waals surface area (Å²) in [6, 6.07) is 10.6. The summed E-state index contributed by atoms with van der Waals surface area (Å²) in [6.45, 7) is 7.17. The minimum absolute atomic E-state index is 0.106. The lowest BCUT2D eigenvalue weighted by Gasteiger charge is -2.34. The van der Waals surface area contributed by atoms with Crippen molar-refractivity contribution in [3.63, 3.8) is 0 Å². The molecule has 10 nitrogen and oxygen atoms in total. The second-order valence-electron chi connectivity index (χ2n) is 11.4. The molecule has 2 aromatic heterocycles. The Morgan fingerprint density at radius 3 is 2.51 bits per heavy atom. The van der Waals surface area contributed by atoms with Gasteiger partial charge in [-0.2, -0.15) is 10.2 Å². The van der Waals surface area contributed by atoms with E-state index in [4.69, 9.17) is 17.3 Å². The molecule has 0 bridgehead atoms. The molecule has 0 fully saturated rings. The smallest absolute Gasteiger partial charge is 0.262 e. The Kier molecular flexibility index (Phi) is 7.20. The van der Waals surface area contributed by atoms with Crippen molar-refractivity contribution in [3.05, 3.63) is 82.8 Å². The maximum Gasteiger partial charge on any atom is 0.262 e. The first-order valence-corrected chi connectivity index (χ1v) is 13.5. The van der Waals surface area contributed by atoms with Crippen molar-refractivity contribution in [2.75, 3.05) is 6.61 Å². The number of carbonyl (C=O) groups is 1. The van der Waals surface area contributed by atoms with Crippen LogP contribution in [0.4, 0.5) is 4.39 Å². The van der Waals surface area contributed by atoms with Gasteiger partial charge in [-0.3, -0.25) is 14.4 Å². The van der Waals surface area contributed by atoms with Crippen LogP contribution in [0.2, 0.25) is 5.02 Å². The molecule has 2 aromatic carbocycles. The van der Waals surface area contributed by atoms with Crippen LogP contribution in [0.15, 0.2) is 60.0 Å². The Hall–Kier alpha value is -4.09. The van der Waals surface area contributed by atoms with E-state index in [2.05, 4.69) is 20.2 Å². The lowest BCUT2D eigenvalue weighted by atomic mass is 9.75. The molecule has 1 aliphatic heterocycles. The number of aryl methyl sites for hydroxylation is 2. The summed E-state index contributed by atoms with van der Waals surface area (Å²) in [7, 11) is 1.78. The molecule has 0 spiro atoms. The molecular formula is C29H32ClFN8O2. The fourth-order valence-electron chi connectivity index (χ4n) is 5.41. The van der Waals surface area contributed by atoms with E-state index in [1.807, 2.05) is 20.8 Å². The molecule has 41 heavy (non-hydrogen) atoms. The first-order valence-electron chi connectivity index (χ1n) is 13.1. The van der Waals surface area contributed by atoms with Crippen LogP contribution < -0.4 is 5.73 Å². The number of nitrogens with two attached hydrogens (primary N) is 1. The SMILES string of the molecule is Cc1ncnn1-c1cc(C(CO)N2C(=O)[C@@](CC(C)(C)C)(c3ccc(-c4ccn(C)n4)cc3F)N=C2N)ccc1Cl. The van der Waals surface area contributed by atoms with E-state index < -0.39 is 35.3 Å². The van der Waals surface area contributed by atoms with Crippen molar-refractivity contribution in [1.29, 1.82) is 0 Å². The van der Waals surface area contributed by atoms with Gasteiger partial charge in [0.15, 0.2) is 11.5 Å². The van der Waals surface area contributed by atoms with Gasteiger partial charge in [-0.05, 0) is 48.6 Å². The van der Waals surface area contributed by atoms with Gasteiger partial charge in [-0.15, -0.1) is 0 Å². The molecule has 1 aliphatic rings. The van der Waals surface area contributed by atoms with E-state index in [1.165, 1.54) is 17.3 Å². The number of hydrogen-bond acceptors (Lipinski definition) is 7. The van der Waals surface area contributed by atoms with E-state index in [0.717, 1.165) is 0 Å². The van der Waals surface area contributed by atoms with Gasteiger partial charge in [0.25, 0.3) is 5.91 Å². The number of aliphatic hydroxyl groups excluding tert-OH is 1. The van der Waals surface area contributed by atoms with Crippen LogP contribution in [0.5, 0.6) is 0 Å². The molecule has 2 atom stereocenters. The van der Waals surface area contributed by atoms with Crippen molar-refractivity contribution in [2.24, 2.45) is 23.2 Å².